The predicted octanol–water partition coefficient (Wildman–Crippen LogP) is 2.51. The average Bonchev–Trinajstić information content (AvgIpc) is 2.95. The van der Waals surface area contributed by atoms with Crippen molar-refractivity contribution in [3.8, 4) is 5.75 Å². The summed E-state index contributed by atoms with van der Waals surface area (Å²) < 4.78 is 10.9. The number of aromatic nitrogens is 1. The minimum absolute atomic E-state index is 0.203. The molecule has 2 aromatic rings. The standard InChI is InChI=1S/C19H25N3O4/c1-5-9-20-18(23)13(3)21-19(24)15-7-6-8-16(10-15)25-11-17-12(2)22-26-14(17)4/h6-8,10,13H,5,9,11H2,1-4H3,(H,20,23)(H,21,24)/t13-/m1/s1. The number of rotatable bonds is 8. The van der Waals surface area contributed by atoms with Crippen LogP contribution in [0.3, 0.4) is 0 Å². The van der Waals surface area contributed by atoms with Crippen molar-refractivity contribution in [2.45, 2.75) is 46.8 Å². The zero-order valence-corrected chi connectivity index (χ0v) is 15.6. The number of hydrogen-bond donors (Lipinski definition) is 2. The van der Waals surface area contributed by atoms with E-state index in [9.17, 15) is 9.59 Å². The lowest BCUT2D eigenvalue weighted by Crippen LogP contribution is -2.45. The number of amides is 2. The summed E-state index contributed by atoms with van der Waals surface area (Å²) in [5, 5.41) is 9.33. The van der Waals surface area contributed by atoms with Gasteiger partial charge < -0.3 is 19.9 Å². The Kier molecular flexibility index (Phi) is 6.77. The van der Waals surface area contributed by atoms with E-state index in [0.717, 1.165) is 17.7 Å². The maximum atomic E-state index is 12.4. The van der Waals surface area contributed by atoms with Crippen molar-refractivity contribution in [1.29, 1.82) is 0 Å². The fourth-order valence-corrected chi connectivity index (χ4v) is 2.34. The lowest BCUT2D eigenvalue weighted by Gasteiger charge is -2.14. The number of carbonyl (C=O) groups is 2. The molecule has 0 radical (unpaired) electrons. The molecule has 0 aliphatic carbocycles. The number of benzene rings is 1. The summed E-state index contributed by atoms with van der Waals surface area (Å²) in [6.07, 6.45) is 0.844. The number of nitrogens with zero attached hydrogens (tertiary/aromatic N) is 1. The highest BCUT2D eigenvalue weighted by Gasteiger charge is 2.16. The van der Waals surface area contributed by atoms with Gasteiger partial charge in [-0.1, -0.05) is 18.1 Å². The van der Waals surface area contributed by atoms with Crippen molar-refractivity contribution in [1.82, 2.24) is 15.8 Å². The van der Waals surface area contributed by atoms with Crippen LogP contribution in [0.15, 0.2) is 28.8 Å². The summed E-state index contributed by atoms with van der Waals surface area (Å²) in [5.74, 6) is 0.738. The fraction of sp³-hybridized carbons (Fsp3) is 0.421. The Morgan fingerprint density at radius 1 is 1.31 bits per heavy atom. The molecule has 7 heteroatoms. The summed E-state index contributed by atoms with van der Waals surface area (Å²) >= 11 is 0. The van der Waals surface area contributed by atoms with Crippen LogP contribution in [0.5, 0.6) is 5.75 Å². The molecule has 7 nitrogen and oxygen atoms in total. The summed E-state index contributed by atoms with van der Waals surface area (Å²) in [7, 11) is 0. The lowest BCUT2D eigenvalue weighted by atomic mass is 10.2. The van der Waals surface area contributed by atoms with Gasteiger partial charge in [0.2, 0.25) is 5.91 Å². The number of nitrogens with one attached hydrogen (secondary N) is 2. The number of ether oxygens (including phenoxy) is 1. The zero-order chi connectivity index (χ0) is 19.1. The molecule has 140 valence electrons. The van der Waals surface area contributed by atoms with Crippen LogP contribution in [0.2, 0.25) is 0 Å². The van der Waals surface area contributed by atoms with Gasteiger partial charge in [-0.2, -0.15) is 0 Å². The highest BCUT2D eigenvalue weighted by atomic mass is 16.5. The Morgan fingerprint density at radius 2 is 2.08 bits per heavy atom. The van der Waals surface area contributed by atoms with Crippen LogP contribution in [-0.4, -0.2) is 29.6 Å². The van der Waals surface area contributed by atoms with E-state index in [1.165, 1.54) is 0 Å². The van der Waals surface area contributed by atoms with E-state index >= 15 is 0 Å². The Labute approximate surface area is 153 Å². The molecular weight excluding hydrogens is 334 g/mol. The minimum Gasteiger partial charge on any atom is -0.489 e. The molecule has 0 unspecified atom stereocenters. The van der Waals surface area contributed by atoms with Gasteiger partial charge in [0.25, 0.3) is 5.91 Å². The molecule has 1 aromatic heterocycles. The van der Waals surface area contributed by atoms with Crippen molar-refractivity contribution in [2.24, 2.45) is 0 Å². The first-order valence-electron chi connectivity index (χ1n) is 8.65. The highest BCUT2D eigenvalue weighted by molar-refractivity contribution is 5.97. The Bertz CT molecular complexity index is 750. The average molecular weight is 359 g/mol. The monoisotopic (exact) mass is 359 g/mol. The van der Waals surface area contributed by atoms with Gasteiger partial charge >= 0.3 is 0 Å². The smallest absolute Gasteiger partial charge is 0.252 e. The minimum atomic E-state index is -0.610. The SMILES string of the molecule is CCCNC(=O)[C@@H](C)NC(=O)c1cccc(OCc2c(C)noc2C)c1. The first kappa shape index (κ1) is 19.5. The maximum Gasteiger partial charge on any atom is 0.252 e. The van der Waals surface area contributed by atoms with Crippen LogP contribution >= 0.6 is 0 Å². The van der Waals surface area contributed by atoms with Gasteiger partial charge in [0.05, 0.1) is 11.3 Å². The second-order valence-electron chi connectivity index (χ2n) is 6.11. The number of carbonyl (C=O) groups excluding carboxylic acids is 2. The van der Waals surface area contributed by atoms with Crippen molar-refractivity contribution in [3.05, 3.63) is 46.8 Å². The van der Waals surface area contributed by atoms with Gasteiger partial charge in [-0.05, 0) is 45.4 Å². The first-order chi connectivity index (χ1) is 12.4. The van der Waals surface area contributed by atoms with Crippen LogP contribution in [0.4, 0.5) is 0 Å². The molecule has 26 heavy (non-hydrogen) atoms. The second kappa shape index (κ2) is 9.03. The zero-order valence-electron chi connectivity index (χ0n) is 15.6. The molecule has 0 saturated carbocycles. The summed E-state index contributed by atoms with van der Waals surface area (Å²) in [4.78, 5) is 24.2. The normalized spacial score (nSPS) is 11.7. The highest BCUT2D eigenvalue weighted by Crippen LogP contribution is 2.18. The van der Waals surface area contributed by atoms with E-state index in [-0.39, 0.29) is 11.8 Å². The van der Waals surface area contributed by atoms with E-state index < -0.39 is 6.04 Å². The third-order valence-corrected chi connectivity index (χ3v) is 3.95. The Hall–Kier alpha value is -2.83. The van der Waals surface area contributed by atoms with Crippen LogP contribution in [-0.2, 0) is 11.4 Å². The molecule has 2 N–H and O–H groups in total. The van der Waals surface area contributed by atoms with Crippen LogP contribution < -0.4 is 15.4 Å². The molecule has 1 atom stereocenters. The molecule has 1 heterocycles. The second-order valence-corrected chi connectivity index (χ2v) is 6.11. The Morgan fingerprint density at radius 3 is 2.73 bits per heavy atom. The molecule has 0 aliphatic heterocycles. The van der Waals surface area contributed by atoms with Crippen molar-refractivity contribution < 1.29 is 18.8 Å². The molecule has 0 bridgehead atoms. The molecule has 0 saturated heterocycles. The van der Waals surface area contributed by atoms with E-state index in [1.807, 2.05) is 20.8 Å². The largest absolute Gasteiger partial charge is 0.489 e. The van der Waals surface area contributed by atoms with Gasteiger partial charge in [0.15, 0.2) is 0 Å². The molecule has 0 fully saturated rings. The summed E-state index contributed by atoms with van der Waals surface area (Å²) in [6, 6.07) is 6.21. The van der Waals surface area contributed by atoms with Gasteiger partial charge in [-0.3, -0.25) is 9.59 Å². The molecule has 2 rings (SSSR count). The van der Waals surface area contributed by atoms with Gasteiger partial charge in [0.1, 0.15) is 24.2 Å². The molecule has 0 aliphatic rings. The fourth-order valence-electron chi connectivity index (χ4n) is 2.34. The maximum absolute atomic E-state index is 12.4. The first-order valence-corrected chi connectivity index (χ1v) is 8.65. The van der Waals surface area contributed by atoms with Crippen LogP contribution in [0.1, 0.15) is 47.6 Å². The van der Waals surface area contributed by atoms with Crippen LogP contribution in [0, 0.1) is 13.8 Å². The number of aryl methyl sites for hydroxylation is 2. The van der Waals surface area contributed by atoms with Gasteiger partial charge in [-0.15, -0.1) is 0 Å². The van der Waals surface area contributed by atoms with Crippen molar-refractivity contribution in [3.63, 3.8) is 0 Å². The molecule has 0 spiro atoms. The molecule has 2 amide bonds. The van der Waals surface area contributed by atoms with Crippen molar-refractivity contribution in [2.75, 3.05) is 6.54 Å². The lowest BCUT2D eigenvalue weighted by molar-refractivity contribution is -0.122. The third-order valence-electron chi connectivity index (χ3n) is 3.95. The number of hydrogen-bond acceptors (Lipinski definition) is 5. The molecular formula is C19H25N3O4. The topological polar surface area (TPSA) is 93.5 Å². The van der Waals surface area contributed by atoms with Crippen LogP contribution in [0.25, 0.3) is 0 Å². The van der Waals surface area contributed by atoms with E-state index in [0.29, 0.717) is 30.2 Å². The summed E-state index contributed by atoms with van der Waals surface area (Å²) in [5.41, 5.74) is 2.10. The van der Waals surface area contributed by atoms with E-state index in [2.05, 4.69) is 15.8 Å². The Balaban J connectivity index is 1.97. The van der Waals surface area contributed by atoms with Crippen molar-refractivity contribution >= 4 is 11.8 Å². The third kappa shape index (κ3) is 5.08. The quantitative estimate of drug-likeness (QED) is 0.755. The van der Waals surface area contributed by atoms with Gasteiger partial charge in [-0.25, -0.2) is 0 Å². The summed E-state index contributed by atoms with van der Waals surface area (Å²) in [6.45, 7) is 8.20. The van der Waals surface area contributed by atoms with Gasteiger partial charge in [0, 0.05) is 12.1 Å². The van der Waals surface area contributed by atoms with E-state index in [1.54, 1.807) is 31.2 Å². The molecule has 1 aromatic carbocycles. The predicted molar refractivity (Wildman–Crippen MR) is 97.0 cm³/mol. The van der Waals surface area contributed by atoms with E-state index in [4.69, 9.17) is 9.26 Å².